The molecule has 5 heteroatoms. The van der Waals surface area contributed by atoms with Gasteiger partial charge in [0, 0.05) is 17.8 Å². The fourth-order valence-electron chi connectivity index (χ4n) is 1.43. The van der Waals surface area contributed by atoms with Crippen LogP contribution < -0.4 is 20.5 Å². The molecule has 0 radical (unpaired) electrons. The molecule has 1 heterocycles. The molecule has 2 rings (SSSR count). The summed E-state index contributed by atoms with van der Waals surface area (Å²) in [4.78, 5) is 4.18. The fraction of sp³-hybridized carbons (Fsp3) is 0.364. The highest BCUT2D eigenvalue weighted by Gasteiger charge is 2.13. The van der Waals surface area contributed by atoms with Gasteiger partial charge in [-0.05, 0) is 26.0 Å². The van der Waals surface area contributed by atoms with E-state index in [1.165, 1.54) is 0 Å². The zero-order chi connectivity index (χ0) is 11.5. The van der Waals surface area contributed by atoms with Gasteiger partial charge < -0.3 is 20.5 Å². The number of fused-ring (bicyclic) bond motifs is 1. The van der Waals surface area contributed by atoms with Crippen LogP contribution in [0.25, 0.3) is 0 Å². The number of benzene rings is 1. The Kier molecular flexibility index (Phi) is 2.85. The summed E-state index contributed by atoms with van der Waals surface area (Å²) in [6.45, 7) is 4.21. The first-order valence-electron chi connectivity index (χ1n) is 5.15. The van der Waals surface area contributed by atoms with Gasteiger partial charge in [0.1, 0.15) is 0 Å². The van der Waals surface area contributed by atoms with Gasteiger partial charge in [0.15, 0.2) is 17.5 Å². The Bertz CT molecular complexity index is 416. The summed E-state index contributed by atoms with van der Waals surface area (Å²) < 4.78 is 10.5. The maximum absolute atomic E-state index is 5.72. The first-order chi connectivity index (χ1) is 7.65. The van der Waals surface area contributed by atoms with E-state index >= 15 is 0 Å². The van der Waals surface area contributed by atoms with Crippen LogP contribution in [0.2, 0.25) is 0 Å². The maximum atomic E-state index is 5.72. The topological polar surface area (TPSA) is 68.9 Å². The molecule has 5 nitrogen and oxygen atoms in total. The summed E-state index contributed by atoms with van der Waals surface area (Å²) in [5.74, 6) is 1.88. The highest BCUT2D eigenvalue weighted by molar-refractivity contribution is 5.92. The lowest BCUT2D eigenvalue weighted by Crippen LogP contribution is -2.23. The molecule has 0 spiro atoms. The predicted octanol–water partition coefficient (Wildman–Crippen LogP) is 1.55. The Morgan fingerprint density at radius 1 is 1.38 bits per heavy atom. The van der Waals surface area contributed by atoms with Gasteiger partial charge in [0.25, 0.3) is 0 Å². The zero-order valence-corrected chi connectivity index (χ0v) is 9.36. The molecule has 0 amide bonds. The summed E-state index contributed by atoms with van der Waals surface area (Å²) >= 11 is 0. The normalized spacial score (nSPS) is 14.3. The SMILES string of the molecule is CC(C)N=C(N)Nc1ccc2c(c1)OCO2. The lowest BCUT2D eigenvalue weighted by Gasteiger charge is -2.07. The Labute approximate surface area is 94.3 Å². The number of aliphatic imine (C=N–C) groups is 1. The second kappa shape index (κ2) is 4.30. The summed E-state index contributed by atoms with van der Waals surface area (Å²) in [6, 6.07) is 5.72. The van der Waals surface area contributed by atoms with Gasteiger partial charge in [0.05, 0.1) is 0 Å². The van der Waals surface area contributed by atoms with Gasteiger partial charge in [-0.25, -0.2) is 0 Å². The van der Waals surface area contributed by atoms with Gasteiger partial charge in [-0.1, -0.05) is 0 Å². The molecule has 0 saturated heterocycles. The molecule has 0 aliphatic carbocycles. The highest BCUT2D eigenvalue weighted by Crippen LogP contribution is 2.34. The van der Waals surface area contributed by atoms with Crippen molar-refractivity contribution in [2.75, 3.05) is 12.1 Å². The van der Waals surface area contributed by atoms with Crippen LogP contribution in [-0.4, -0.2) is 18.8 Å². The molecule has 1 aromatic rings. The smallest absolute Gasteiger partial charge is 0.231 e. The summed E-state index contributed by atoms with van der Waals surface area (Å²) in [5.41, 5.74) is 6.56. The van der Waals surface area contributed by atoms with Crippen molar-refractivity contribution in [2.45, 2.75) is 19.9 Å². The van der Waals surface area contributed by atoms with E-state index in [0.717, 1.165) is 17.2 Å². The molecule has 86 valence electrons. The van der Waals surface area contributed by atoms with Gasteiger partial charge >= 0.3 is 0 Å². The first kappa shape index (κ1) is 10.6. The number of nitrogens with one attached hydrogen (secondary N) is 1. The van der Waals surface area contributed by atoms with Crippen molar-refractivity contribution in [3.05, 3.63) is 18.2 Å². The monoisotopic (exact) mass is 221 g/mol. The van der Waals surface area contributed by atoms with Crippen molar-refractivity contribution < 1.29 is 9.47 Å². The van der Waals surface area contributed by atoms with Crippen LogP contribution >= 0.6 is 0 Å². The van der Waals surface area contributed by atoms with E-state index in [1.54, 1.807) is 0 Å². The van der Waals surface area contributed by atoms with Gasteiger partial charge in [0.2, 0.25) is 6.79 Å². The van der Waals surface area contributed by atoms with Crippen LogP contribution in [0, 0.1) is 0 Å². The highest BCUT2D eigenvalue weighted by atomic mass is 16.7. The van der Waals surface area contributed by atoms with E-state index < -0.39 is 0 Å². The molecule has 0 fully saturated rings. The molecule has 1 aromatic carbocycles. The average Bonchev–Trinajstić information content (AvgIpc) is 2.63. The second-order valence-corrected chi connectivity index (χ2v) is 3.80. The lowest BCUT2D eigenvalue weighted by atomic mass is 10.3. The van der Waals surface area contributed by atoms with E-state index in [0.29, 0.717) is 5.96 Å². The Balaban J connectivity index is 2.11. The van der Waals surface area contributed by atoms with Crippen molar-refractivity contribution in [3.63, 3.8) is 0 Å². The number of nitrogens with zero attached hydrogens (tertiary/aromatic N) is 1. The minimum atomic E-state index is 0.168. The van der Waals surface area contributed by atoms with Crippen molar-refractivity contribution in [1.29, 1.82) is 0 Å². The molecule has 1 aliphatic rings. The minimum Gasteiger partial charge on any atom is -0.454 e. The molecular formula is C11H15N3O2. The van der Waals surface area contributed by atoms with Crippen LogP contribution in [0.3, 0.4) is 0 Å². The van der Waals surface area contributed by atoms with Crippen LogP contribution in [0.4, 0.5) is 5.69 Å². The third kappa shape index (κ3) is 2.36. The number of anilines is 1. The van der Waals surface area contributed by atoms with E-state index in [2.05, 4.69) is 10.3 Å². The van der Waals surface area contributed by atoms with Crippen LogP contribution in [-0.2, 0) is 0 Å². The quantitative estimate of drug-likeness (QED) is 0.587. The molecule has 3 N–H and O–H groups in total. The molecule has 0 aromatic heterocycles. The number of ether oxygens (including phenoxy) is 2. The molecule has 0 unspecified atom stereocenters. The zero-order valence-electron chi connectivity index (χ0n) is 9.36. The largest absolute Gasteiger partial charge is 0.454 e. The van der Waals surface area contributed by atoms with Crippen LogP contribution in [0.5, 0.6) is 11.5 Å². The van der Waals surface area contributed by atoms with Crippen molar-refractivity contribution in [1.82, 2.24) is 0 Å². The third-order valence-corrected chi connectivity index (χ3v) is 2.04. The third-order valence-electron chi connectivity index (χ3n) is 2.04. The summed E-state index contributed by atoms with van der Waals surface area (Å²) in [6.07, 6.45) is 0. The van der Waals surface area contributed by atoms with E-state index in [9.17, 15) is 0 Å². The molecule has 0 atom stereocenters. The lowest BCUT2D eigenvalue weighted by molar-refractivity contribution is 0.174. The molecular weight excluding hydrogens is 206 g/mol. The van der Waals surface area contributed by atoms with Gasteiger partial charge in [-0.15, -0.1) is 0 Å². The van der Waals surface area contributed by atoms with Crippen molar-refractivity contribution in [3.8, 4) is 11.5 Å². The number of hydrogen-bond acceptors (Lipinski definition) is 3. The molecule has 0 bridgehead atoms. The number of guanidine groups is 1. The fourth-order valence-corrected chi connectivity index (χ4v) is 1.43. The molecule has 0 saturated carbocycles. The van der Waals surface area contributed by atoms with Gasteiger partial charge in [-0.2, -0.15) is 0 Å². The van der Waals surface area contributed by atoms with Crippen LogP contribution in [0.15, 0.2) is 23.2 Å². The van der Waals surface area contributed by atoms with Crippen LogP contribution in [0.1, 0.15) is 13.8 Å². The molecule has 16 heavy (non-hydrogen) atoms. The van der Waals surface area contributed by atoms with E-state index in [4.69, 9.17) is 15.2 Å². The summed E-state index contributed by atoms with van der Waals surface area (Å²) in [5, 5.41) is 3.00. The summed E-state index contributed by atoms with van der Waals surface area (Å²) in [7, 11) is 0. The maximum Gasteiger partial charge on any atom is 0.231 e. The van der Waals surface area contributed by atoms with Crippen molar-refractivity contribution in [2.24, 2.45) is 10.7 Å². The van der Waals surface area contributed by atoms with Gasteiger partial charge in [-0.3, -0.25) is 4.99 Å². The Morgan fingerprint density at radius 3 is 2.88 bits per heavy atom. The average molecular weight is 221 g/mol. The van der Waals surface area contributed by atoms with Crippen molar-refractivity contribution >= 4 is 11.6 Å². The standard InChI is InChI=1S/C11H15N3O2/c1-7(2)13-11(12)14-8-3-4-9-10(5-8)16-6-15-9/h3-5,7H,6H2,1-2H3,(H3,12,13,14). The van der Waals surface area contributed by atoms with E-state index in [1.807, 2.05) is 32.0 Å². The van der Waals surface area contributed by atoms with E-state index in [-0.39, 0.29) is 12.8 Å². The Morgan fingerprint density at radius 2 is 2.12 bits per heavy atom. The minimum absolute atomic E-state index is 0.168. The number of hydrogen-bond donors (Lipinski definition) is 2. The predicted molar refractivity (Wildman–Crippen MR) is 62.9 cm³/mol. The Hall–Kier alpha value is -1.91. The molecule has 1 aliphatic heterocycles. The second-order valence-electron chi connectivity index (χ2n) is 3.80. The number of nitrogens with two attached hydrogens (primary N) is 1. The first-order valence-corrected chi connectivity index (χ1v) is 5.15. The number of rotatable bonds is 2.